The van der Waals surface area contributed by atoms with Gasteiger partial charge in [0.1, 0.15) is 0 Å². The van der Waals surface area contributed by atoms with Gasteiger partial charge in [-0.1, -0.05) is 13.3 Å². The number of nitrogens with one attached hydrogen (secondary N) is 1. The standard InChI is InChI=1S/C13H27N3O2/c1-5-6-9-16(12(2)17)10-7-13(18)14-8-11-15(3)4/h5-11H2,1-4H3,(H,14,18). The van der Waals surface area contributed by atoms with Gasteiger partial charge in [0.15, 0.2) is 0 Å². The van der Waals surface area contributed by atoms with Crippen molar-refractivity contribution in [2.45, 2.75) is 33.1 Å². The van der Waals surface area contributed by atoms with Crippen molar-refractivity contribution < 1.29 is 9.59 Å². The summed E-state index contributed by atoms with van der Waals surface area (Å²) in [5, 5.41) is 2.85. The van der Waals surface area contributed by atoms with Crippen LogP contribution in [0.1, 0.15) is 33.1 Å². The molecule has 0 unspecified atom stereocenters. The zero-order valence-corrected chi connectivity index (χ0v) is 12.2. The van der Waals surface area contributed by atoms with Crippen molar-refractivity contribution in [1.82, 2.24) is 15.1 Å². The van der Waals surface area contributed by atoms with E-state index in [1.165, 1.54) is 0 Å². The highest BCUT2D eigenvalue weighted by atomic mass is 16.2. The molecular formula is C13H27N3O2. The second-order valence-electron chi connectivity index (χ2n) is 4.76. The quantitative estimate of drug-likeness (QED) is 0.661. The monoisotopic (exact) mass is 257 g/mol. The van der Waals surface area contributed by atoms with E-state index in [0.717, 1.165) is 25.9 Å². The number of carbonyl (C=O) groups excluding carboxylic acids is 2. The summed E-state index contributed by atoms with van der Waals surface area (Å²) in [6, 6.07) is 0. The van der Waals surface area contributed by atoms with Gasteiger partial charge in [-0.15, -0.1) is 0 Å². The largest absolute Gasteiger partial charge is 0.355 e. The van der Waals surface area contributed by atoms with E-state index < -0.39 is 0 Å². The summed E-state index contributed by atoms with van der Waals surface area (Å²) in [5.41, 5.74) is 0. The highest BCUT2D eigenvalue weighted by Crippen LogP contribution is 1.97. The van der Waals surface area contributed by atoms with Crippen molar-refractivity contribution in [1.29, 1.82) is 0 Å². The Hall–Kier alpha value is -1.10. The van der Waals surface area contributed by atoms with E-state index in [9.17, 15) is 9.59 Å². The van der Waals surface area contributed by atoms with Crippen LogP contribution in [0.4, 0.5) is 0 Å². The number of likely N-dealkylation sites (N-methyl/N-ethyl adjacent to an activating group) is 1. The molecule has 0 aliphatic heterocycles. The third-order valence-electron chi connectivity index (χ3n) is 2.72. The predicted octanol–water partition coefficient (Wildman–Crippen LogP) is 0.703. The van der Waals surface area contributed by atoms with Crippen molar-refractivity contribution in [3.63, 3.8) is 0 Å². The summed E-state index contributed by atoms with van der Waals surface area (Å²) in [7, 11) is 3.93. The first-order valence-electron chi connectivity index (χ1n) is 6.64. The van der Waals surface area contributed by atoms with Crippen LogP contribution < -0.4 is 5.32 Å². The molecule has 0 saturated carbocycles. The number of nitrogens with zero attached hydrogens (tertiary/aromatic N) is 2. The lowest BCUT2D eigenvalue weighted by atomic mass is 10.3. The van der Waals surface area contributed by atoms with Crippen LogP contribution in [0.3, 0.4) is 0 Å². The molecule has 0 aliphatic rings. The van der Waals surface area contributed by atoms with Crippen LogP contribution in [-0.4, -0.2) is 61.9 Å². The molecule has 0 aliphatic carbocycles. The second-order valence-corrected chi connectivity index (χ2v) is 4.76. The first-order valence-corrected chi connectivity index (χ1v) is 6.64. The maximum Gasteiger partial charge on any atom is 0.221 e. The van der Waals surface area contributed by atoms with Crippen LogP contribution in [0.25, 0.3) is 0 Å². The summed E-state index contributed by atoms with van der Waals surface area (Å²) in [4.78, 5) is 26.7. The lowest BCUT2D eigenvalue weighted by molar-refractivity contribution is -0.129. The Labute approximate surface area is 111 Å². The molecule has 0 radical (unpaired) electrons. The third kappa shape index (κ3) is 8.98. The summed E-state index contributed by atoms with van der Waals surface area (Å²) in [5.74, 6) is 0.0594. The van der Waals surface area contributed by atoms with Crippen molar-refractivity contribution >= 4 is 11.8 Å². The molecule has 0 bridgehead atoms. The van der Waals surface area contributed by atoms with Gasteiger partial charge >= 0.3 is 0 Å². The molecule has 0 saturated heterocycles. The third-order valence-corrected chi connectivity index (χ3v) is 2.72. The molecule has 0 atom stereocenters. The lowest BCUT2D eigenvalue weighted by Crippen LogP contribution is -2.36. The molecule has 0 aromatic rings. The van der Waals surface area contributed by atoms with E-state index >= 15 is 0 Å². The van der Waals surface area contributed by atoms with Crippen LogP contribution in [0.5, 0.6) is 0 Å². The summed E-state index contributed by atoms with van der Waals surface area (Å²) < 4.78 is 0. The molecule has 0 heterocycles. The second kappa shape index (κ2) is 9.88. The highest BCUT2D eigenvalue weighted by molar-refractivity contribution is 5.77. The molecule has 0 fully saturated rings. The minimum absolute atomic E-state index is 0.0135. The summed E-state index contributed by atoms with van der Waals surface area (Å²) in [6.45, 7) is 6.39. The molecule has 0 rings (SSSR count). The molecule has 5 nitrogen and oxygen atoms in total. The number of unbranched alkanes of at least 4 members (excludes halogenated alkanes) is 1. The molecule has 18 heavy (non-hydrogen) atoms. The van der Waals surface area contributed by atoms with Gasteiger partial charge in [0.05, 0.1) is 0 Å². The van der Waals surface area contributed by atoms with Crippen molar-refractivity contribution in [3.8, 4) is 0 Å². The first kappa shape index (κ1) is 16.9. The minimum Gasteiger partial charge on any atom is -0.355 e. The van der Waals surface area contributed by atoms with E-state index in [-0.39, 0.29) is 11.8 Å². The van der Waals surface area contributed by atoms with E-state index in [1.54, 1.807) is 11.8 Å². The SMILES string of the molecule is CCCCN(CCC(=O)NCCN(C)C)C(C)=O. The van der Waals surface area contributed by atoms with Gasteiger partial charge < -0.3 is 15.1 Å². The van der Waals surface area contributed by atoms with Crippen LogP contribution >= 0.6 is 0 Å². The zero-order chi connectivity index (χ0) is 14.0. The van der Waals surface area contributed by atoms with Gasteiger partial charge in [0.2, 0.25) is 11.8 Å². The number of carbonyl (C=O) groups is 2. The van der Waals surface area contributed by atoms with Crippen LogP contribution in [0, 0.1) is 0 Å². The number of amides is 2. The fraction of sp³-hybridized carbons (Fsp3) is 0.846. The Balaban J connectivity index is 3.81. The van der Waals surface area contributed by atoms with Crippen molar-refractivity contribution in [2.24, 2.45) is 0 Å². The van der Waals surface area contributed by atoms with E-state index in [2.05, 4.69) is 12.2 Å². The van der Waals surface area contributed by atoms with Gasteiger partial charge in [-0.3, -0.25) is 9.59 Å². The highest BCUT2D eigenvalue weighted by Gasteiger charge is 2.10. The fourth-order valence-corrected chi connectivity index (χ4v) is 1.52. The molecule has 5 heteroatoms. The normalized spacial score (nSPS) is 10.5. The minimum atomic E-state index is 0.0135. The molecule has 0 aromatic carbocycles. The number of rotatable bonds is 9. The topological polar surface area (TPSA) is 52.7 Å². The van der Waals surface area contributed by atoms with Crippen LogP contribution in [0.15, 0.2) is 0 Å². The maximum absolute atomic E-state index is 11.6. The van der Waals surface area contributed by atoms with Gasteiger partial charge in [-0.05, 0) is 20.5 Å². The van der Waals surface area contributed by atoms with E-state index in [1.807, 2.05) is 19.0 Å². The van der Waals surface area contributed by atoms with E-state index in [4.69, 9.17) is 0 Å². The fourth-order valence-electron chi connectivity index (χ4n) is 1.52. The van der Waals surface area contributed by atoms with Crippen molar-refractivity contribution in [3.05, 3.63) is 0 Å². The van der Waals surface area contributed by atoms with Crippen molar-refractivity contribution in [2.75, 3.05) is 40.3 Å². The Bertz CT molecular complexity index is 255. The van der Waals surface area contributed by atoms with Gasteiger partial charge in [0, 0.05) is 39.5 Å². The van der Waals surface area contributed by atoms with Gasteiger partial charge in [0.25, 0.3) is 0 Å². The molecule has 106 valence electrons. The number of hydrogen-bond donors (Lipinski definition) is 1. The molecule has 0 spiro atoms. The van der Waals surface area contributed by atoms with Crippen LogP contribution in [0.2, 0.25) is 0 Å². The average molecular weight is 257 g/mol. The Morgan fingerprint density at radius 2 is 1.78 bits per heavy atom. The molecular weight excluding hydrogens is 230 g/mol. The Morgan fingerprint density at radius 1 is 1.11 bits per heavy atom. The maximum atomic E-state index is 11.6. The predicted molar refractivity (Wildman–Crippen MR) is 73.3 cm³/mol. The Kier molecular flexibility index (Phi) is 9.28. The lowest BCUT2D eigenvalue weighted by Gasteiger charge is -2.20. The van der Waals surface area contributed by atoms with E-state index in [0.29, 0.717) is 19.5 Å². The average Bonchev–Trinajstić information content (AvgIpc) is 2.28. The number of hydrogen-bond acceptors (Lipinski definition) is 3. The van der Waals surface area contributed by atoms with Gasteiger partial charge in [-0.25, -0.2) is 0 Å². The molecule has 1 N–H and O–H groups in total. The summed E-state index contributed by atoms with van der Waals surface area (Å²) >= 11 is 0. The molecule has 0 aromatic heterocycles. The zero-order valence-electron chi connectivity index (χ0n) is 12.2. The smallest absolute Gasteiger partial charge is 0.221 e. The van der Waals surface area contributed by atoms with Crippen LogP contribution in [-0.2, 0) is 9.59 Å². The summed E-state index contributed by atoms with van der Waals surface area (Å²) in [6.07, 6.45) is 2.43. The molecule has 2 amide bonds. The Morgan fingerprint density at radius 3 is 2.28 bits per heavy atom. The first-order chi connectivity index (χ1) is 8.47. The van der Waals surface area contributed by atoms with Gasteiger partial charge in [-0.2, -0.15) is 0 Å².